The number of nitrogens with zero attached hydrogens (tertiary/aromatic N) is 3. The number of halogens is 1. The third-order valence-corrected chi connectivity index (χ3v) is 8.14. The maximum atomic E-state index is 13.5. The molecule has 0 saturated heterocycles. The molecule has 1 aromatic heterocycles. The molecule has 0 aliphatic carbocycles. The number of hydrogen-bond acceptors (Lipinski definition) is 4. The van der Waals surface area contributed by atoms with Crippen molar-refractivity contribution in [3.05, 3.63) is 112 Å². The van der Waals surface area contributed by atoms with Gasteiger partial charge in [0.2, 0.25) is 0 Å². The van der Waals surface area contributed by atoms with E-state index in [1.54, 1.807) is 36.5 Å². The van der Waals surface area contributed by atoms with Crippen molar-refractivity contribution in [3.63, 3.8) is 0 Å². The highest BCUT2D eigenvalue weighted by atomic mass is 35.5. The molecule has 0 radical (unpaired) electrons. The molecule has 0 fully saturated rings. The summed E-state index contributed by atoms with van der Waals surface area (Å²) in [6.07, 6.45) is 1.56. The lowest BCUT2D eigenvalue weighted by atomic mass is 10.2. The predicted molar refractivity (Wildman–Crippen MR) is 153 cm³/mol. The second-order valence-electron chi connectivity index (χ2n) is 9.10. The third kappa shape index (κ3) is 5.98. The number of sulfonamides is 1. The zero-order chi connectivity index (χ0) is 27.4. The zero-order valence-corrected chi connectivity index (χ0v) is 23.2. The van der Waals surface area contributed by atoms with E-state index < -0.39 is 22.5 Å². The van der Waals surface area contributed by atoms with E-state index >= 15 is 0 Å². The minimum atomic E-state index is -4.04. The van der Waals surface area contributed by atoms with E-state index in [0.29, 0.717) is 5.02 Å². The number of rotatable bonds is 8. The number of aryl methyl sites for hydroxylation is 3. The second-order valence-corrected chi connectivity index (χ2v) is 11.4. The van der Waals surface area contributed by atoms with Crippen molar-refractivity contribution < 1.29 is 13.2 Å². The highest BCUT2D eigenvalue weighted by Gasteiger charge is 2.27. The van der Waals surface area contributed by atoms with Crippen LogP contribution in [0.4, 0.5) is 5.69 Å². The summed E-state index contributed by atoms with van der Waals surface area (Å²) in [7, 11) is -4.04. The molecule has 9 heteroatoms. The van der Waals surface area contributed by atoms with Gasteiger partial charge < -0.3 is 4.57 Å². The summed E-state index contributed by atoms with van der Waals surface area (Å²) >= 11 is 6.13. The number of anilines is 1. The Kier molecular flexibility index (Phi) is 8.04. The van der Waals surface area contributed by atoms with E-state index in [4.69, 9.17) is 11.6 Å². The van der Waals surface area contributed by atoms with Gasteiger partial charge in [-0.3, -0.25) is 9.10 Å². The van der Waals surface area contributed by atoms with Crippen molar-refractivity contribution in [2.45, 2.75) is 32.6 Å². The molecule has 1 N–H and O–H groups in total. The van der Waals surface area contributed by atoms with E-state index in [-0.39, 0.29) is 10.6 Å². The number of hydrogen-bond donors (Lipinski definition) is 1. The first-order valence-corrected chi connectivity index (χ1v) is 13.8. The van der Waals surface area contributed by atoms with Crippen LogP contribution in [-0.2, 0) is 14.8 Å². The van der Waals surface area contributed by atoms with Crippen molar-refractivity contribution in [1.29, 1.82) is 0 Å². The van der Waals surface area contributed by atoms with E-state index in [2.05, 4.69) is 21.2 Å². The number of amides is 1. The standard InChI is InChI=1S/C29H29ClN4O3S/c1-20-11-13-28(14-12-20)38(36,37)33(26-9-6-8-25(30)17-26)19-29(35)32-31-18-24-16-22(3)34(23(24)4)27-10-5-7-21(2)15-27/h5-18H,19H2,1-4H3,(H,32,35)/b31-18-. The van der Waals surface area contributed by atoms with E-state index in [1.165, 1.54) is 18.2 Å². The molecule has 4 rings (SSSR count). The number of benzene rings is 3. The van der Waals surface area contributed by atoms with Crippen LogP contribution in [0.5, 0.6) is 0 Å². The topological polar surface area (TPSA) is 83.8 Å². The molecular formula is C29H29ClN4O3S. The highest BCUT2D eigenvalue weighted by molar-refractivity contribution is 7.92. The van der Waals surface area contributed by atoms with Crippen LogP contribution in [0.15, 0.2) is 88.9 Å². The van der Waals surface area contributed by atoms with Gasteiger partial charge in [0, 0.05) is 27.7 Å². The molecule has 0 bridgehead atoms. The van der Waals surface area contributed by atoms with Gasteiger partial charge in [0.1, 0.15) is 6.54 Å². The first kappa shape index (κ1) is 27.2. The number of nitrogens with one attached hydrogen (secondary N) is 1. The fourth-order valence-corrected chi connectivity index (χ4v) is 5.80. The Labute approximate surface area is 228 Å². The van der Waals surface area contributed by atoms with Crippen LogP contribution in [0.3, 0.4) is 0 Å². The van der Waals surface area contributed by atoms with Crippen molar-refractivity contribution in [2.24, 2.45) is 5.10 Å². The smallest absolute Gasteiger partial charge is 0.264 e. The first-order chi connectivity index (χ1) is 18.1. The molecule has 0 aliphatic heterocycles. The van der Waals surface area contributed by atoms with Gasteiger partial charge in [0.05, 0.1) is 16.8 Å². The number of carbonyl (C=O) groups is 1. The lowest BCUT2D eigenvalue weighted by Crippen LogP contribution is -2.39. The average Bonchev–Trinajstić information content (AvgIpc) is 3.15. The quantitative estimate of drug-likeness (QED) is 0.226. The lowest BCUT2D eigenvalue weighted by Gasteiger charge is -2.24. The van der Waals surface area contributed by atoms with Crippen LogP contribution < -0.4 is 9.73 Å². The fourth-order valence-electron chi connectivity index (χ4n) is 4.21. The van der Waals surface area contributed by atoms with Crippen LogP contribution in [0.1, 0.15) is 28.1 Å². The van der Waals surface area contributed by atoms with E-state index in [1.807, 2.05) is 52.0 Å². The summed E-state index contributed by atoms with van der Waals surface area (Å²) in [5, 5.41) is 4.47. The highest BCUT2D eigenvalue weighted by Crippen LogP contribution is 2.26. The maximum absolute atomic E-state index is 13.5. The minimum Gasteiger partial charge on any atom is -0.318 e. The summed E-state index contributed by atoms with van der Waals surface area (Å²) in [6.45, 7) is 7.42. The van der Waals surface area contributed by atoms with Crippen molar-refractivity contribution in [3.8, 4) is 5.69 Å². The summed E-state index contributed by atoms with van der Waals surface area (Å²) in [5.74, 6) is -0.593. The van der Waals surface area contributed by atoms with Crippen LogP contribution >= 0.6 is 11.6 Å². The molecule has 7 nitrogen and oxygen atoms in total. The number of aromatic nitrogens is 1. The Hall–Kier alpha value is -3.88. The zero-order valence-electron chi connectivity index (χ0n) is 21.6. The van der Waals surface area contributed by atoms with Crippen molar-refractivity contribution in [2.75, 3.05) is 10.8 Å². The first-order valence-electron chi connectivity index (χ1n) is 12.0. The van der Waals surface area contributed by atoms with Gasteiger partial charge in [-0.25, -0.2) is 13.8 Å². The maximum Gasteiger partial charge on any atom is 0.264 e. The fraction of sp³-hybridized carbons (Fsp3) is 0.172. The van der Waals surface area contributed by atoms with Crippen molar-refractivity contribution in [1.82, 2.24) is 9.99 Å². The Morgan fingerprint density at radius 2 is 1.66 bits per heavy atom. The van der Waals surface area contributed by atoms with Gasteiger partial charge in [-0.15, -0.1) is 0 Å². The molecule has 4 aromatic rings. The normalized spacial score (nSPS) is 11.6. The van der Waals surface area contributed by atoms with Gasteiger partial charge >= 0.3 is 0 Å². The summed E-state index contributed by atoms with van der Waals surface area (Å²) in [4.78, 5) is 13.0. The molecular weight excluding hydrogens is 520 g/mol. The Bertz CT molecular complexity index is 1610. The SMILES string of the molecule is Cc1ccc(S(=O)(=O)N(CC(=O)N/N=C\c2cc(C)n(-c3cccc(C)c3)c2C)c2cccc(Cl)c2)cc1. The summed E-state index contributed by atoms with van der Waals surface area (Å²) < 4.78 is 30.1. The van der Waals surface area contributed by atoms with Gasteiger partial charge in [-0.05, 0) is 81.8 Å². The lowest BCUT2D eigenvalue weighted by molar-refractivity contribution is -0.119. The average molecular weight is 549 g/mol. The summed E-state index contributed by atoms with van der Waals surface area (Å²) in [5.41, 5.74) is 8.69. The molecule has 0 unspecified atom stereocenters. The second kappa shape index (κ2) is 11.2. The van der Waals surface area contributed by atoms with Crippen LogP contribution in [0, 0.1) is 27.7 Å². The van der Waals surface area contributed by atoms with Gasteiger partial charge in [-0.1, -0.05) is 47.5 Å². The molecule has 1 amide bonds. The van der Waals surface area contributed by atoms with Crippen LogP contribution in [-0.4, -0.2) is 31.7 Å². The molecule has 1 heterocycles. The molecule has 38 heavy (non-hydrogen) atoms. The number of hydrazone groups is 1. The molecule has 0 aliphatic rings. The molecule has 0 atom stereocenters. The van der Waals surface area contributed by atoms with Gasteiger partial charge in [0.25, 0.3) is 15.9 Å². The summed E-state index contributed by atoms with van der Waals surface area (Å²) in [6, 6.07) is 23.0. The van der Waals surface area contributed by atoms with Gasteiger partial charge in [0.15, 0.2) is 0 Å². The van der Waals surface area contributed by atoms with Crippen molar-refractivity contribution >= 4 is 39.4 Å². The Morgan fingerprint density at radius 3 is 2.34 bits per heavy atom. The van der Waals surface area contributed by atoms with Crippen LogP contribution in [0.25, 0.3) is 5.69 Å². The Morgan fingerprint density at radius 1 is 0.947 bits per heavy atom. The predicted octanol–water partition coefficient (Wildman–Crippen LogP) is 5.71. The van der Waals surface area contributed by atoms with E-state index in [0.717, 1.165) is 38.1 Å². The largest absolute Gasteiger partial charge is 0.318 e. The molecule has 0 saturated carbocycles. The third-order valence-electron chi connectivity index (χ3n) is 6.12. The van der Waals surface area contributed by atoms with E-state index in [9.17, 15) is 13.2 Å². The van der Waals surface area contributed by atoms with Gasteiger partial charge in [-0.2, -0.15) is 5.10 Å². The number of carbonyl (C=O) groups excluding carboxylic acids is 1. The minimum absolute atomic E-state index is 0.0722. The Balaban J connectivity index is 1.56. The monoisotopic (exact) mass is 548 g/mol. The molecule has 3 aromatic carbocycles. The van der Waals surface area contributed by atoms with Crippen LogP contribution in [0.2, 0.25) is 5.02 Å². The molecule has 196 valence electrons. The molecule has 0 spiro atoms.